The van der Waals surface area contributed by atoms with Crippen molar-refractivity contribution >= 4 is 17.5 Å². The van der Waals surface area contributed by atoms with Gasteiger partial charge in [0.1, 0.15) is 11.4 Å². The molecule has 176 valence electrons. The summed E-state index contributed by atoms with van der Waals surface area (Å²) in [6, 6.07) is 7.48. The van der Waals surface area contributed by atoms with Gasteiger partial charge in [-0.1, -0.05) is 13.3 Å². The van der Waals surface area contributed by atoms with Crippen molar-refractivity contribution in [2.24, 2.45) is 0 Å². The number of hydrogen-bond acceptors (Lipinski definition) is 6. The topological polar surface area (TPSA) is 88.6 Å². The first-order chi connectivity index (χ1) is 16.0. The summed E-state index contributed by atoms with van der Waals surface area (Å²) in [5.74, 6) is 1.68. The number of carbonyl (C=O) groups is 1. The van der Waals surface area contributed by atoms with Crippen LogP contribution in [0.1, 0.15) is 57.7 Å². The van der Waals surface area contributed by atoms with Crippen molar-refractivity contribution in [1.82, 2.24) is 15.3 Å². The molecule has 1 unspecified atom stereocenters. The van der Waals surface area contributed by atoms with Crippen molar-refractivity contribution in [2.75, 3.05) is 29.9 Å². The number of anilines is 2. The van der Waals surface area contributed by atoms with E-state index in [1.165, 1.54) is 0 Å². The second kappa shape index (κ2) is 8.91. The van der Waals surface area contributed by atoms with Crippen LogP contribution in [0, 0.1) is 0 Å². The lowest BCUT2D eigenvalue weighted by Gasteiger charge is -2.34. The molecule has 0 radical (unpaired) electrons. The first kappa shape index (κ1) is 22.1. The number of aromatic nitrogens is 2. The van der Waals surface area contributed by atoms with Gasteiger partial charge in [0.05, 0.1) is 24.5 Å². The summed E-state index contributed by atoms with van der Waals surface area (Å²) >= 11 is 0. The zero-order valence-electron chi connectivity index (χ0n) is 19.7. The minimum atomic E-state index is -0.401. The van der Waals surface area contributed by atoms with Gasteiger partial charge in [-0.05, 0) is 57.4 Å². The molecule has 2 aromatic rings. The molecule has 1 aromatic carbocycles. The Morgan fingerprint density at radius 2 is 1.88 bits per heavy atom. The van der Waals surface area contributed by atoms with E-state index in [2.05, 4.69) is 29.4 Å². The minimum absolute atomic E-state index is 0.212. The summed E-state index contributed by atoms with van der Waals surface area (Å²) in [5.41, 5.74) is 3.37. The summed E-state index contributed by atoms with van der Waals surface area (Å²) in [6.07, 6.45) is 4.73. The van der Waals surface area contributed by atoms with E-state index in [1.54, 1.807) is 0 Å². The van der Waals surface area contributed by atoms with Gasteiger partial charge in [0.2, 0.25) is 0 Å². The number of fused-ring (bicyclic) bond motifs is 3. The van der Waals surface area contributed by atoms with Gasteiger partial charge in [-0.2, -0.15) is 0 Å². The van der Waals surface area contributed by atoms with E-state index in [1.807, 2.05) is 31.2 Å². The largest absolute Gasteiger partial charge is 0.371 e. The van der Waals surface area contributed by atoms with Crippen molar-refractivity contribution < 1.29 is 14.3 Å². The third-order valence-corrected chi connectivity index (χ3v) is 6.83. The van der Waals surface area contributed by atoms with Crippen LogP contribution in [0.3, 0.4) is 0 Å². The van der Waals surface area contributed by atoms with E-state index in [-0.39, 0.29) is 18.2 Å². The van der Waals surface area contributed by atoms with Crippen LogP contribution in [-0.2, 0) is 21.7 Å². The average molecular weight is 452 g/mol. The molecule has 0 saturated carbocycles. The summed E-state index contributed by atoms with van der Waals surface area (Å²) in [7, 11) is 0. The maximum absolute atomic E-state index is 11.8. The fourth-order valence-corrected chi connectivity index (χ4v) is 5.23. The van der Waals surface area contributed by atoms with Crippen molar-refractivity contribution in [3.05, 3.63) is 35.5 Å². The molecule has 5 rings (SSSR count). The number of ether oxygens (including phenoxy) is 2. The number of nitrogens with zero attached hydrogens (tertiary/aromatic N) is 3. The molecule has 4 heterocycles. The molecule has 8 heteroatoms. The molecule has 3 aliphatic heterocycles. The van der Waals surface area contributed by atoms with E-state index >= 15 is 0 Å². The molecule has 2 bridgehead atoms. The fourth-order valence-electron chi connectivity index (χ4n) is 5.23. The highest BCUT2D eigenvalue weighted by Gasteiger charge is 2.42. The molecular weight excluding hydrogens is 418 g/mol. The van der Waals surface area contributed by atoms with E-state index in [0.717, 1.165) is 67.1 Å². The lowest BCUT2D eigenvalue weighted by Crippen LogP contribution is -2.43. The minimum Gasteiger partial charge on any atom is -0.371 e. The number of morpholine rings is 1. The fraction of sp³-hybridized carbons (Fsp3) is 0.560. The summed E-state index contributed by atoms with van der Waals surface area (Å²) in [5, 5.41) is 5.58. The second-order valence-electron chi connectivity index (χ2n) is 9.39. The van der Waals surface area contributed by atoms with Gasteiger partial charge in [0.25, 0.3) is 0 Å². The number of benzene rings is 1. The number of nitrogens with one attached hydrogen (secondary N) is 2. The van der Waals surface area contributed by atoms with Gasteiger partial charge in [0.15, 0.2) is 5.82 Å². The Bertz CT molecular complexity index is 1020. The lowest BCUT2D eigenvalue weighted by atomic mass is 9.94. The van der Waals surface area contributed by atoms with Crippen LogP contribution >= 0.6 is 0 Å². The van der Waals surface area contributed by atoms with E-state index in [9.17, 15) is 4.79 Å². The second-order valence-corrected chi connectivity index (χ2v) is 9.39. The molecule has 8 nitrogen and oxygen atoms in total. The van der Waals surface area contributed by atoms with Crippen molar-refractivity contribution in [3.63, 3.8) is 0 Å². The Kier molecular flexibility index (Phi) is 5.97. The van der Waals surface area contributed by atoms with E-state index < -0.39 is 5.60 Å². The van der Waals surface area contributed by atoms with Gasteiger partial charge in [-0.15, -0.1) is 0 Å². The van der Waals surface area contributed by atoms with E-state index in [4.69, 9.17) is 19.4 Å². The van der Waals surface area contributed by atoms with Crippen LogP contribution in [0.4, 0.5) is 16.3 Å². The molecule has 3 atom stereocenters. The molecule has 3 aliphatic rings. The summed E-state index contributed by atoms with van der Waals surface area (Å²) in [6.45, 7) is 9.06. The quantitative estimate of drug-likeness (QED) is 0.684. The van der Waals surface area contributed by atoms with Crippen molar-refractivity contribution in [2.45, 2.75) is 70.9 Å². The van der Waals surface area contributed by atoms with Crippen molar-refractivity contribution in [1.29, 1.82) is 0 Å². The first-order valence-electron chi connectivity index (χ1n) is 12.1. The number of amides is 2. The maximum atomic E-state index is 11.8. The normalized spacial score (nSPS) is 25.7. The molecule has 2 amide bonds. The molecule has 2 fully saturated rings. The zero-order valence-corrected chi connectivity index (χ0v) is 19.7. The molecule has 2 N–H and O–H groups in total. The Hall–Kier alpha value is -2.71. The van der Waals surface area contributed by atoms with Gasteiger partial charge in [-0.25, -0.2) is 14.8 Å². The lowest BCUT2D eigenvalue weighted by molar-refractivity contribution is -0.0321. The molecule has 33 heavy (non-hydrogen) atoms. The van der Waals surface area contributed by atoms with Crippen molar-refractivity contribution in [3.8, 4) is 11.4 Å². The van der Waals surface area contributed by atoms with Crippen LogP contribution in [0.25, 0.3) is 11.4 Å². The van der Waals surface area contributed by atoms with Crippen LogP contribution in [-0.4, -0.2) is 47.8 Å². The number of urea groups is 1. The smallest absolute Gasteiger partial charge is 0.319 e. The zero-order chi connectivity index (χ0) is 23.0. The van der Waals surface area contributed by atoms with Crippen LogP contribution in [0.2, 0.25) is 0 Å². The molecule has 2 saturated heterocycles. The Morgan fingerprint density at radius 3 is 2.55 bits per heavy atom. The number of hydrogen-bond donors (Lipinski definition) is 2. The monoisotopic (exact) mass is 451 g/mol. The standard InChI is InChI=1S/C25H33N5O3/c1-4-12-25(3)21-20(15-32-25)23(30-13-18-10-11-19(14-30)33-18)29-22(28-21)16-6-8-17(9-7-16)27-24(31)26-5-2/h6-9,18-19H,4-5,10-15H2,1-3H3,(H2,26,27,31)/t18-,19+,25?. The highest BCUT2D eigenvalue weighted by atomic mass is 16.5. The summed E-state index contributed by atoms with van der Waals surface area (Å²) < 4.78 is 12.4. The first-order valence-corrected chi connectivity index (χ1v) is 12.1. The third kappa shape index (κ3) is 4.29. The van der Waals surface area contributed by atoms with Gasteiger partial charge >= 0.3 is 6.03 Å². The predicted octanol–water partition coefficient (Wildman–Crippen LogP) is 4.20. The Morgan fingerprint density at radius 1 is 1.15 bits per heavy atom. The van der Waals surface area contributed by atoms with Gasteiger partial charge < -0.3 is 25.0 Å². The maximum Gasteiger partial charge on any atom is 0.319 e. The van der Waals surface area contributed by atoms with Crippen LogP contribution < -0.4 is 15.5 Å². The Labute approximate surface area is 195 Å². The predicted molar refractivity (Wildman–Crippen MR) is 127 cm³/mol. The average Bonchev–Trinajstić information content (AvgIpc) is 3.32. The highest BCUT2D eigenvalue weighted by Crippen LogP contribution is 2.43. The van der Waals surface area contributed by atoms with Crippen LogP contribution in [0.15, 0.2) is 24.3 Å². The Balaban J connectivity index is 1.51. The van der Waals surface area contributed by atoms with Gasteiger partial charge in [0, 0.05) is 36.4 Å². The molecular formula is C25H33N5O3. The van der Waals surface area contributed by atoms with Crippen LogP contribution in [0.5, 0.6) is 0 Å². The third-order valence-electron chi connectivity index (χ3n) is 6.83. The number of rotatable bonds is 6. The molecule has 0 spiro atoms. The highest BCUT2D eigenvalue weighted by molar-refractivity contribution is 5.89. The molecule has 1 aromatic heterocycles. The summed E-state index contributed by atoms with van der Waals surface area (Å²) in [4.78, 5) is 24.3. The number of carbonyl (C=O) groups excluding carboxylic acids is 1. The van der Waals surface area contributed by atoms with Gasteiger partial charge in [-0.3, -0.25) is 0 Å². The SMILES string of the molecule is CCCC1(C)OCc2c(N3C[C@H]4CC[C@@H](C3)O4)nc(-c3ccc(NC(=O)NCC)cc3)nc21. The molecule has 0 aliphatic carbocycles. The van der Waals surface area contributed by atoms with E-state index in [0.29, 0.717) is 19.0 Å².